The first-order valence-electron chi connectivity index (χ1n) is 10.5. The summed E-state index contributed by atoms with van der Waals surface area (Å²) < 4.78 is 7.13. The average Bonchev–Trinajstić information content (AvgIpc) is 3.10. The van der Waals surface area contributed by atoms with Gasteiger partial charge >= 0.3 is 5.97 Å². The largest absolute Gasteiger partial charge is 0.465 e. The molecule has 6 nitrogen and oxygen atoms in total. The Morgan fingerprint density at radius 3 is 2.67 bits per heavy atom. The summed E-state index contributed by atoms with van der Waals surface area (Å²) >= 11 is 6.03. The average molecular weight is 427 g/mol. The van der Waals surface area contributed by atoms with Crippen molar-refractivity contribution in [2.45, 2.75) is 19.9 Å². The Labute approximate surface area is 182 Å². The Morgan fingerprint density at radius 2 is 1.90 bits per heavy atom. The number of anilines is 1. The molecular weight excluding hydrogens is 400 g/mol. The molecule has 158 valence electrons. The number of benzene rings is 1. The van der Waals surface area contributed by atoms with Crippen molar-refractivity contribution in [3.8, 4) is 0 Å². The second-order valence-electron chi connectivity index (χ2n) is 7.50. The van der Waals surface area contributed by atoms with Crippen LogP contribution in [0, 0.1) is 0 Å². The zero-order valence-electron chi connectivity index (χ0n) is 17.3. The Bertz CT molecular complexity index is 1010. The second-order valence-corrected chi connectivity index (χ2v) is 7.89. The minimum absolute atomic E-state index is 0.199. The Hall–Kier alpha value is -2.57. The molecule has 1 aliphatic heterocycles. The molecule has 3 heterocycles. The lowest BCUT2D eigenvalue weighted by molar-refractivity contribution is -0.143. The lowest BCUT2D eigenvalue weighted by atomic mass is 10.1. The van der Waals surface area contributed by atoms with Crippen LogP contribution in [0.15, 0.2) is 48.7 Å². The standard InChI is InChI=1S/C23H27ClN4O2/c1-2-30-23(29)17-28-16-18(19-6-3-4-7-20(19)28)10-11-26-12-14-27(15-13-26)22-9-5-8-21(24)25-22/h3-9,16H,2,10-15,17H2,1H3. The lowest BCUT2D eigenvalue weighted by Crippen LogP contribution is -2.47. The van der Waals surface area contributed by atoms with Crippen molar-refractivity contribution >= 4 is 34.3 Å². The van der Waals surface area contributed by atoms with E-state index < -0.39 is 0 Å². The fourth-order valence-electron chi connectivity index (χ4n) is 4.05. The highest BCUT2D eigenvalue weighted by molar-refractivity contribution is 6.29. The second kappa shape index (κ2) is 9.49. The first kappa shape index (κ1) is 20.7. The van der Waals surface area contributed by atoms with Crippen LogP contribution >= 0.6 is 11.6 Å². The van der Waals surface area contributed by atoms with E-state index in [4.69, 9.17) is 16.3 Å². The van der Waals surface area contributed by atoms with Crippen LogP contribution in [0.25, 0.3) is 10.9 Å². The van der Waals surface area contributed by atoms with E-state index in [1.807, 2.05) is 29.7 Å². The zero-order valence-corrected chi connectivity index (χ0v) is 18.0. The Balaban J connectivity index is 1.38. The number of para-hydroxylation sites is 1. The normalized spacial score (nSPS) is 14.9. The molecule has 3 aromatic rings. The third-order valence-corrected chi connectivity index (χ3v) is 5.78. The predicted molar refractivity (Wildman–Crippen MR) is 120 cm³/mol. The number of pyridine rings is 1. The summed E-state index contributed by atoms with van der Waals surface area (Å²) in [5.41, 5.74) is 2.35. The van der Waals surface area contributed by atoms with E-state index in [0.29, 0.717) is 11.8 Å². The lowest BCUT2D eigenvalue weighted by Gasteiger charge is -2.35. The Kier molecular flexibility index (Phi) is 6.55. The van der Waals surface area contributed by atoms with Gasteiger partial charge in [-0.25, -0.2) is 4.98 Å². The molecule has 1 aliphatic rings. The Morgan fingerprint density at radius 1 is 1.10 bits per heavy atom. The summed E-state index contributed by atoms with van der Waals surface area (Å²) in [6.07, 6.45) is 3.06. The van der Waals surface area contributed by atoms with E-state index in [1.54, 1.807) is 6.07 Å². The van der Waals surface area contributed by atoms with E-state index in [0.717, 1.165) is 50.5 Å². The quantitative estimate of drug-likeness (QED) is 0.426. The van der Waals surface area contributed by atoms with Gasteiger partial charge in [0.05, 0.1) is 6.61 Å². The van der Waals surface area contributed by atoms with Gasteiger partial charge in [-0.2, -0.15) is 0 Å². The van der Waals surface area contributed by atoms with Crippen molar-refractivity contribution in [3.63, 3.8) is 0 Å². The maximum Gasteiger partial charge on any atom is 0.325 e. The number of rotatable bonds is 7. The summed E-state index contributed by atoms with van der Waals surface area (Å²) in [6, 6.07) is 14.0. The fraction of sp³-hybridized carbons (Fsp3) is 0.391. The molecule has 0 unspecified atom stereocenters. The molecule has 2 aromatic heterocycles. The molecule has 0 bridgehead atoms. The van der Waals surface area contributed by atoms with Crippen molar-refractivity contribution in [2.24, 2.45) is 0 Å². The number of hydrogen-bond acceptors (Lipinski definition) is 5. The van der Waals surface area contributed by atoms with Gasteiger partial charge in [0, 0.05) is 49.8 Å². The van der Waals surface area contributed by atoms with Gasteiger partial charge in [0.25, 0.3) is 0 Å². The molecule has 7 heteroatoms. The highest BCUT2D eigenvalue weighted by atomic mass is 35.5. The number of halogens is 1. The highest BCUT2D eigenvalue weighted by Gasteiger charge is 2.19. The maximum atomic E-state index is 12.0. The molecule has 0 spiro atoms. The number of aromatic nitrogens is 2. The molecular formula is C23H27ClN4O2. The minimum Gasteiger partial charge on any atom is -0.465 e. The van der Waals surface area contributed by atoms with Crippen molar-refractivity contribution in [1.82, 2.24) is 14.5 Å². The summed E-state index contributed by atoms with van der Waals surface area (Å²) in [6.45, 7) is 7.35. The van der Waals surface area contributed by atoms with Gasteiger partial charge in [-0.1, -0.05) is 35.9 Å². The maximum absolute atomic E-state index is 12.0. The van der Waals surface area contributed by atoms with E-state index in [2.05, 4.69) is 39.2 Å². The molecule has 0 radical (unpaired) electrons. The summed E-state index contributed by atoms with van der Waals surface area (Å²) in [5, 5.41) is 1.75. The van der Waals surface area contributed by atoms with Crippen LogP contribution in [0.5, 0.6) is 0 Å². The van der Waals surface area contributed by atoms with Gasteiger partial charge in [0.2, 0.25) is 0 Å². The summed E-state index contributed by atoms with van der Waals surface area (Å²) in [7, 11) is 0. The van der Waals surface area contributed by atoms with Gasteiger partial charge in [-0.15, -0.1) is 0 Å². The molecule has 0 aliphatic carbocycles. The first-order valence-corrected chi connectivity index (χ1v) is 10.8. The molecule has 1 saturated heterocycles. The molecule has 0 atom stereocenters. The number of carbonyl (C=O) groups is 1. The van der Waals surface area contributed by atoms with Gasteiger partial charge in [-0.05, 0) is 37.1 Å². The molecule has 0 N–H and O–H groups in total. The smallest absolute Gasteiger partial charge is 0.325 e. The third kappa shape index (κ3) is 4.77. The van der Waals surface area contributed by atoms with Crippen molar-refractivity contribution in [3.05, 3.63) is 59.4 Å². The van der Waals surface area contributed by atoms with Gasteiger partial charge in [0.15, 0.2) is 0 Å². The van der Waals surface area contributed by atoms with Crippen molar-refractivity contribution in [2.75, 3.05) is 44.2 Å². The fourth-order valence-corrected chi connectivity index (χ4v) is 4.21. The van der Waals surface area contributed by atoms with Gasteiger partial charge in [-0.3, -0.25) is 9.69 Å². The van der Waals surface area contributed by atoms with Crippen LogP contribution in [0.4, 0.5) is 5.82 Å². The number of piperazine rings is 1. The van der Waals surface area contributed by atoms with Crippen LogP contribution in [0.2, 0.25) is 5.15 Å². The van der Waals surface area contributed by atoms with E-state index in [1.165, 1.54) is 10.9 Å². The molecule has 1 aromatic carbocycles. The topological polar surface area (TPSA) is 50.6 Å². The van der Waals surface area contributed by atoms with Crippen LogP contribution in [-0.4, -0.2) is 59.8 Å². The first-order chi connectivity index (χ1) is 14.6. The summed E-state index contributed by atoms with van der Waals surface area (Å²) in [5.74, 6) is 0.750. The van der Waals surface area contributed by atoms with Crippen molar-refractivity contribution in [1.29, 1.82) is 0 Å². The SMILES string of the molecule is CCOC(=O)Cn1cc(CCN2CCN(c3cccc(Cl)n3)CC2)c2ccccc21. The zero-order chi connectivity index (χ0) is 20.9. The highest BCUT2D eigenvalue weighted by Crippen LogP contribution is 2.23. The number of fused-ring (bicyclic) bond motifs is 1. The molecule has 30 heavy (non-hydrogen) atoms. The predicted octanol–water partition coefficient (Wildman–Crippen LogP) is 3.62. The van der Waals surface area contributed by atoms with Gasteiger partial charge < -0.3 is 14.2 Å². The minimum atomic E-state index is -0.199. The molecule has 1 fully saturated rings. The van der Waals surface area contributed by atoms with Crippen molar-refractivity contribution < 1.29 is 9.53 Å². The number of carbonyl (C=O) groups excluding carboxylic acids is 1. The number of esters is 1. The molecule has 0 amide bonds. The number of ether oxygens (including phenoxy) is 1. The van der Waals surface area contributed by atoms with E-state index in [-0.39, 0.29) is 12.5 Å². The van der Waals surface area contributed by atoms with E-state index >= 15 is 0 Å². The molecule has 4 rings (SSSR count). The monoisotopic (exact) mass is 426 g/mol. The van der Waals surface area contributed by atoms with E-state index in [9.17, 15) is 4.79 Å². The summed E-state index contributed by atoms with van der Waals surface area (Å²) in [4.78, 5) is 21.2. The van der Waals surface area contributed by atoms with Gasteiger partial charge in [0.1, 0.15) is 17.5 Å². The number of hydrogen-bond donors (Lipinski definition) is 0. The third-order valence-electron chi connectivity index (χ3n) is 5.57. The van der Waals surface area contributed by atoms with Crippen LogP contribution < -0.4 is 4.90 Å². The van der Waals surface area contributed by atoms with Crippen LogP contribution in [0.3, 0.4) is 0 Å². The molecule has 0 saturated carbocycles. The van der Waals surface area contributed by atoms with Crippen LogP contribution in [0.1, 0.15) is 12.5 Å². The van der Waals surface area contributed by atoms with Crippen LogP contribution in [-0.2, 0) is 22.5 Å². The number of nitrogens with zero attached hydrogens (tertiary/aromatic N) is 4.